The Morgan fingerprint density at radius 1 is 1.43 bits per heavy atom. The molecule has 2 rings (SSSR count). The summed E-state index contributed by atoms with van der Waals surface area (Å²) in [5.41, 5.74) is 2.14. The molecule has 1 N–H and O–H groups in total. The fraction of sp³-hybridized carbons (Fsp3) is 0.333. The van der Waals surface area contributed by atoms with E-state index in [1.54, 1.807) is 12.1 Å². The van der Waals surface area contributed by atoms with Gasteiger partial charge in [-0.2, -0.15) is 10.4 Å². The van der Waals surface area contributed by atoms with Crippen LogP contribution in [0.4, 0.5) is 10.1 Å². The highest BCUT2D eigenvalue weighted by Crippen LogP contribution is 2.24. The molecule has 0 atom stereocenters. The molecular weight excluding hydrogens is 291 g/mol. The molecular formula is C15H16ClFN4. The molecule has 0 aliphatic heterocycles. The fourth-order valence-corrected chi connectivity index (χ4v) is 2.49. The van der Waals surface area contributed by atoms with Gasteiger partial charge in [0.05, 0.1) is 28.6 Å². The van der Waals surface area contributed by atoms with Crippen molar-refractivity contribution in [1.82, 2.24) is 9.78 Å². The van der Waals surface area contributed by atoms with Crippen LogP contribution in [0, 0.1) is 17.1 Å². The van der Waals surface area contributed by atoms with Crippen molar-refractivity contribution in [3.63, 3.8) is 0 Å². The van der Waals surface area contributed by atoms with Crippen LogP contribution in [-0.4, -0.2) is 9.78 Å². The molecule has 1 heterocycles. The van der Waals surface area contributed by atoms with Crippen molar-refractivity contribution in [2.45, 2.75) is 33.4 Å². The number of hydrogen-bond acceptors (Lipinski definition) is 3. The molecule has 0 saturated carbocycles. The Kier molecular flexibility index (Phi) is 4.81. The first-order chi connectivity index (χ1) is 10.1. The normalized spacial score (nSPS) is 10.4. The minimum absolute atomic E-state index is 0.00639. The highest BCUT2D eigenvalue weighted by atomic mass is 35.5. The van der Waals surface area contributed by atoms with Crippen LogP contribution in [0.25, 0.3) is 0 Å². The zero-order valence-electron chi connectivity index (χ0n) is 12.0. The van der Waals surface area contributed by atoms with E-state index in [4.69, 9.17) is 16.9 Å². The van der Waals surface area contributed by atoms with Gasteiger partial charge < -0.3 is 5.32 Å². The van der Waals surface area contributed by atoms with Gasteiger partial charge in [-0.1, -0.05) is 24.6 Å². The van der Waals surface area contributed by atoms with Gasteiger partial charge in [0.1, 0.15) is 17.4 Å². The molecule has 6 heteroatoms. The van der Waals surface area contributed by atoms with Crippen molar-refractivity contribution in [2.24, 2.45) is 0 Å². The largest absolute Gasteiger partial charge is 0.378 e. The van der Waals surface area contributed by atoms with E-state index < -0.39 is 5.82 Å². The van der Waals surface area contributed by atoms with Gasteiger partial charge >= 0.3 is 0 Å². The van der Waals surface area contributed by atoms with E-state index in [2.05, 4.69) is 10.4 Å². The Morgan fingerprint density at radius 3 is 2.81 bits per heavy atom. The Labute approximate surface area is 128 Å². The van der Waals surface area contributed by atoms with Crippen molar-refractivity contribution in [3.05, 3.63) is 46.0 Å². The number of nitrogens with one attached hydrogen (secondary N) is 1. The molecule has 1 aromatic heterocycles. The molecule has 0 aliphatic rings. The van der Waals surface area contributed by atoms with Gasteiger partial charge in [0, 0.05) is 6.54 Å². The van der Waals surface area contributed by atoms with E-state index >= 15 is 0 Å². The summed E-state index contributed by atoms with van der Waals surface area (Å²) in [5.74, 6) is -0.535. The highest BCUT2D eigenvalue weighted by molar-refractivity contribution is 6.31. The quantitative estimate of drug-likeness (QED) is 0.915. The van der Waals surface area contributed by atoms with Gasteiger partial charge in [0.25, 0.3) is 0 Å². The predicted molar refractivity (Wildman–Crippen MR) is 80.7 cm³/mol. The first-order valence-corrected chi connectivity index (χ1v) is 7.16. The summed E-state index contributed by atoms with van der Waals surface area (Å²) < 4.78 is 15.4. The lowest BCUT2D eigenvalue weighted by Crippen LogP contribution is -2.09. The molecule has 0 amide bonds. The SMILES string of the molecule is CCc1nn(CC)c(CNc2cccc(F)c2C#N)c1Cl. The molecule has 2 aromatic rings. The van der Waals surface area contributed by atoms with Gasteiger partial charge in [-0.3, -0.25) is 4.68 Å². The molecule has 0 bridgehead atoms. The summed E-state index contributed by atoms with van der Waals surface area (Å²) in [6.07, 6.45) is 0.752. The molecule has 0 radical (unpaired) electrons. The summed E-state index contributed by atoms with van der Waals surface area (Å²) in [6, 6.07) is 6.37. The highest BCUT2D eigenvalue weighted by Gasteiger charge is 2.15. The van der Waals surface area contributed by atoms with Crippen molar-refractivity contribution in [2.75, 3.05) is 5.32 Å². The van der Waals surface area contributed by atoms with Crippen molar-refractivity contribution < 1.29 is 4.39 Å². The van der Waals surface area contributed by atoms with E-state index in [0.717, 1.165) is 17.8 Å². The smallest absolute Gasteiger partial charge is 0.143 e. The Hall–Kier alpha value is -2.06. The summed E-state index contributed by atoms with van der Waals surface area (Å²) >= 11 is 6.32. The van der Waals surface area contributed by atoms with E-state index in [1.807, 2.05) is 24.6 Å². The number of aromatic nitrogens is 2. The van der Waals surface area contributed by atoms with Gasteiger partial charge in [0.15, 0.2) is 0 Å². The predicted octanol–water partition coefficient (Wildman–Crippen LogP) is 3.74. The topological polar surface area (TPSA) is 53.6 Å². The van der Waals surface area contributed by atoms with Gasteiger partial charge in [-0.15, -0.1) is 0 Å². The number of nitrogens with zero attached hydrogens (tertiary/aromatic N) is 3. The van der Waals surface area contributed by atoms with Crippen LogP contribution in [0.1, 0.15) is 30.8 Å². The number of benzene rings is 1. The molecule has 0 unspecified atom stereocenters. The van der Waals surface area contributed by atoms with Crippen LogP contribution in [0.5, 0.6) is 0 Å². The molecule has 0 spiro atoms. The lowest BCUT2D eigenvalue weighted by Gasteiger charge is -2.10. The zero-order chi connectivity index (χ0) is 15.4. The second-order valence-corrected chi connectivity index (χ2v) is 4.88. The van der Waals surface area contributed by atoms with Crippen molar-refractivity contribution >= 4 is 17.3 Å². The minimum Gasteiger partial charge on any atom is -0.378 e. The lowest BCUT2D eigenvalue weighted by atomic mass is 10.2. The summed E-state index contributed by atoms with van der Waals surface area (Å²) in [7, 11) is 0. The van der Waals surface area contributed by atoms with Crippen molar-refractivity contribution in [1.29, 1.82) is 5.26 Å². The second-order valence-electron chi connectivity index (χ2n) is 4.50. The van der Waals surface area contributed by atoms with Gasteiger partial charge in [-0.05, 0) is 25.5 Å². The molecule has 0 fully saturated rings. The standard InChI is InChI=1S/C15H16ClFN4/c1-3-12-15(16)14(21(4-2)20-12)9-19-13-7-5-6-11(17)10(13)8-18/h5-7,19H,3-4,9H2,1-2H3. The van der Waals surface area contributed by atoms with Crippen LogP contribution in [0.3, 0.4) is 0 Å². The Bertz CT molecular complexity index is 688. The molecule has 4 nitrogen and oxygen atoms in total. The lowest BCUT2D eigenvalue weighted by molar-refractivity contribution is 0.617. The maximum Gasteiger partial charge on any atom is 0.143 e. The molecule has 0 saturated heterocycles. The number of hydrogen-bond donors (Lipinski definition) is 1. The third-order valence-corrected chi connectivity index (χ3v) is 3.70. The summed E-state index contributed by atoms with van der Waals surface area (Å²) in [6.45, 7) is 5.06. The average molecular weight is 307 g/mol. The Balaban J connectivity index is 2.27. The van der Waals surface area contributed by atoms with Crippen LogP contribution < -0.4 is 5.32 Å². The van der Waals surface area contributed by atoms with Crippen LogP contribution >= 0.6 is 11.6 Å². The molecule has 21 heavy (non-hydrogen) atoms. The van der Waals surface area contributed by atoms with Gasteiger partial charge in [0.2, 0.25) is 0 Å². The number of anilines is 1. The number of aryl methyl sites for hydroxylation is 2. The van der Waals surface area contributed by atoms with Crippen LogP contribution in [-0.2, 0) is 19.5 Å². The van der Waals surface area contributed by atoms with Crippen molar-refractivity contribution in [3.8, 4) is 6.07 Å². The number of halogens is 2. The third kappa shape index (κ3) is 3.01. The number of nitriles is 1. The molecule has 1 aromatic carbocycles. The van der Waals surface area contributed by atoms with Gasteiger partial charge in [-0.25, -0.2) is 4.39 Å². The molecule has 0 aliphatic carbocycles. The fourth-order valence-electron chi connectivity index (χ4n) is 2.15. The summed E-state index contributed by atoms with van der Waals surface area (Å²) in [4.78, 5) is 0. The Morgan fingerprint density at radius 2 is 2.19 bits per heavy atom. The number of rotatable bonds is 5. The van der Waals surface area contributed by atoms with E-state index in [9.17, 15) is 4.39 Å². The first kappa shape index (κ1) is 15.3. The molecule has 110 valence electrons. The zero-order valence-corrected chi connectivity index (χ0v) is 12.7. The van der Waals surface area contributed by atoms with Crippen LogP contribution in [0.15, 0.2) is 18.2 Å². The first-order valence-electron chi connectivity index (χ1n) is 6.78. The van der Waals surface area contributed by atoms with Crippen LogP contribution in [0.2, 0.25) is 5.02 Å². The second kappa shape index (κ2) is 6.59. The minimum atomic E-state index is -0.535. The monoisotopic (exact) mass is 306 g/mol. The average Bonchev–Trinajstić information content (AvgIpc) is 2.80. The van der Waals surface area contributed by atoms with E-state index in [0.29, 0.717) is 23.8 Å². The van der Waals surface area contributed by atoms with E-state index in [1.165, 1.54) is 6.07 Å². The third-order valence-electron chi connectivity index (χ3n) is 3.27. The maximum absolute atomic E-state index is 13.6. The summed E-state index contributed by atoms with van der Waals surface area (Å²) in [5, 5.41) is 17.1. The maximum atomic E-state index is 13.6. The van der Waals surface area contributed by atoms with E-state index in [-0.39, 0.29) is 5.56 Å².